The van der Waals surface area contributed by atoms with Crippen LogP contribution in [0.5, 0.6) is 0 Å². The van der Waals surface area contributed by atoms with Gasteiger partial charge in [-0.2, -0.15) is 0 Å². The third-order valence-electron chi connectivity index (χ3n) is 7.60. The van der Waals surface area contributed by atoms with Gasteiger partial charge in [0.25, 0.3) is 0 Å². The fraction of sp³-hybridized carbons (Fsp3) is 0.483. The van der Waals surface area contributed by atoms with Gasteiger partial charge in [-0.05, 0) is 62.1 Å². The van der Waals surface area contributed by atoms with Crippen LogP contribution in [-0.4, -0.2) is 52.7 Å². The highest BCUT2D eigenvalue weighted by molar-refractivity contribution is 6.00. The minimum Gasteiger partial charge on any atom is -0.342 e. The molecular formula is C29H35F2N3O3. The standard InChI is InChI=1S/C29H35F2N3O3/c1-16(2)12-24-27(35)32-25(20-13-18-8-6-7-9-19(18)14-20)28(36)34(24)26(29(37)33(5)17(3)4)22-11-10-21(30)15-23(22)31/h6-11,15-17,20,24-26H,12-14H2,1-5H3,(H,32,35)/t24-,25-,26-/m1/s1. The van der Waals surface area contributed by atoms with E-state index in [-0.39, 0.29) is 29.3 Å². The average molecular weight is 512 g/mol. The molecule has 0 bridgehead atoms. The smallest absolute Gasteiger partial charge is 0.250 e. The monoisotopic (exact) mass is 511 g/mol. The highest BCUT2D eigenvalue weighted by Crippen LogP contribution is 2.36. The van der Waals surface area contributed by atoms with E-state index >= 15 is 4.39 Å². The summed E-state index contributed by atoms with van der Waals surface area (Å²) in [6.45, 7) is 7.46. The van der Waals surface area contributed by atoms with Crippen molar-refractivity contribution in [3.8, 4) is 0 Å². The van der Waals surface area contributed by atoms with Crippen LogP contribution in [0.4, 0.5) is 8.78 Å². The highest BCUT2D eigenvalue weighted by Gasteiger charge is 2.50. The molecule has 37 heavy (non-hydrogen) atoms. The van der Waals surface area contributed by atoms with Crippen molar-refractivity contribution in [2.75, 3.05) is 7.05 Å². The molecule has 1 heterocycles. The van der Waals surface area contributed by atoms with Crippen molar-refractivity contribution in [1.82, 2.24) is 15.1 Å². The SMILES string of the molecule is CC(C)C[C@@H]1C(=O)N[C@H](C2Cc3ccccc3C2)C(=O)N1[C@@H](C(=O)N(C)C(C)C)c1ccc(F)cc1F. The average Bonchev–Trinajstić information content (AvgIpc) is 3.27. The first-order chi connectivity index (χ1) is 17.5. The van der Waals surface area contributed by atoms with Crippen LogP contribution < -0.4 is 5.32 Å². The Kier molecular flexibility index (Phi) is 7.67. The van der Waals surface area contributed by atoms with Crippen molar-refractivity contribution in [1.29, 1.82) is 0 Å². The number of carbonyl (C=O) groups is 3. The Hall–Kier alpha value is -3.29. The molecule has 1 fully saturated rings. The maximum atomic E-state index is 15.2. The number of benzene rings is 2. The lowest BCUT2D eigenvalue weighted by molar-refractivity contribution is -0.160. The number of fused-ring (bicyclic) bond motifs is 1. The van der Waals surface area contributed by atoms with Gasteiger partial charge in [0, 0.05) is 24.7 Å². The molecule has 1 saturated heterocycles. The zero-order valence-electron chi connectivity index (χ0n) is 22.0. The minimum absolute atomic E-state index is 0.0231. The molecule has 0 aromatic heterocycles. The molecule has 3 amide bonds. The van der Waals surface area contributed by atoms with Gasteiger partial charge in [-0.15, -0.1) is 0 Å². The van der Waals surface area contributed by atoms with E-state index in [9.17, 15) is 18.8 Å². The number of hydrogen-bond acceptors (Lipinski definition) is 3. The predicted molar refractivity (Wildman–Crippen MR) is 136 cm³/mol. The van der Waals surface area contributed by atoms with Gasteiger partial charge < -0.3 is 15.1 Å². The van der Waals surface area contributed by atoms with Crippen LogP contribution in [0.3, 0.4) is 0 Å². The Balaban J connectivity index is 1.81. The number of amides is 3. The summed E-state index contributed by atoms with van der Waals surface area (Å²) in [5.41, 5.74) is 2.13. The van der Waals surface area contributed by atoms with Crippen LogP contribution in [-0.2, 0) is 27.2 Å². The number of halogens is 2. The summed E-state index contributed by atoms with van der Waals surface area (Å²) in [7, 11) is 1.58. The van der Waals surface area contributed by atoms with Crippen molar-refractivity contribution in [3.05, 3.63) is 70.8 Å². The molecule has 2 aromatic carbocycles. The van der Waals surface area contributed by atoms with E-state index in [4.69, 9.17) is 0 Å². The quantitative estimate of drug-likeness (QED) is 0.610. The second-order valence-corrected chi connectivity index (χ2v) is 10.9. The molecule has 2 aliphatic rings. The second kappa shape index (κ2) is 10.6. The summed E-state index contributed by atoms with van der Waals surface area (Å²) in [5, 5.41) is 2.94. The topological polar surface area (TPSA) is 69.7 Å². The molecule has 6 nitrogen and oxygen atoms in total. The van der Waals surface area contributed by atoms with Gasteiger partial charge in [0.05, 0.1) is 0 Å². The molecule has 1 N–H and O–H groups in total. The number of carbonyl (C=O) groups excluding carboxylic acids is 3. The molecule has 8 heteroatoms. The van der Waals surface area contributed by atoms with E-state index in [1.807, 2.05) is 52.0 Å². The normalized spacial score (nSPS) is 20.8. The summed E-state index contributed by atoms with van der Waals surface area (Å²) in [4.78, 5) is 44.3. The molecule has 0 unspecified atom stereocenters. The van der Waals surface area contributed by atoms with Crippen molar-refractivity contribution in [3.63, 3.8) is 0 Å². The van der Waals surface area contributed by atoms with Crippen molar-refractivity contribution in [2.24, 2.45) is 11.8 Å². The molecule has 4 rings (SSSR count). The van der Waals surface area contributed by atoms with Crippen molar-refractivity contribution in [2.45, 2.75) is 71.1 Å². The molecule has 0 saturated carbocycles. The number of hydrogen-bond donors (Lipinski definition) is 1. The molecule has 1 aliphatic heterocycles. The van der Waals surface area contributed by atoms with E-state index in [0.717, 1.165) is 17.2 Å². The summed E-state index contributed by atoms with van der Waals surface area (Å²) in [5.74, 6) is -3.17. The van der Waals surface area contributed by atoms with E-state index < -0.39 is 41.6 Å². The Morgan fingerprint density at radius 2 is 1.68 bits per heavy atom. The van der Waals surface area contributed by atoms with E-state index in [0.29, 0.717) is 25.3 Å². The van der Waals surface area contributed by atoms with Crippen LogP contribution in [0.1, 0.15) is 56.8 Å². The van der Waals surface area contributed by atoms with Gasteiger partial charge in [0.1, 0.15) is 29.8 Å². The minimum atomic E-state index is -1.40. The molecule has 0 spiro atoms. The van der Waals surface area contributed by atoms with Gasteiger partial charge in [-0.1, -0.05) is 44.2 Å². The number of nitrogens with one attached hydrogen (secondary N) is 1. The summed E-state index contributed by atoms with van der Waals surface area (Å²) >= 11 is 0. The first kappa shape index (κ1) is 26.8. The van der Waals surface area contributed by atoms with Crippen LogP contribution in [0.25, 0.3) is 0 Å². The number of rotatable bonds is 7. The maximum absolute atomic E-state index is 15.2. The van der Waals surface area contributed by atoms with Crippen molar-refractivity contribution >= 4 is 17.7 Å². The maximum Gasteiger partial charge on any atom is 0.250 e. The first-order valence-electron chi connectivity index (χ1n) is 12.9. The van der Waals surface area contributed by atoms with Gasteiger partial charge in [-0.3, -0.25) is 14.4 Å². The van der Waals surface area contributed by atoms with Gasteiger partial charge >= 0.3 is 0 Å². The van der Waals surface area contributed by atoms with Crippen LogP contribution in [0.15, 0.2) is 42.5 Å². The van der Waals surface area contributed by atoms with E-state index in [1.165, 1.54) is 15.9 Å². The van der Waals surface area contributed by atoms with Crippen LogP contribution in [0, 0.1) is 23.5 Å². The van der Waals surface area contributed by atoms with Gasteiger partial charge in [-0.25, -0.2) is 8.78 Å². The molecule has 198 valence electrons. The molecular weight excluding hydrogens is 476 g/mol. The molecule has 3 atom stereocenters. The zero-order valence-corrected chi connectivity index (χ0v) is 22.0. The van der Waals surface area contributed by atoms with Crippen LogP contribution >= 0.6 is 0 Å². The summed E-state index contributed by atoms with van der Waals surface area (Å²) < 4.78 is 29.1. The molecule has 1 aliphatic carbocycles. The first-order valence-corrected chi connectivity index (χ1v) is 12.9. The molecule has 2 aromatic rings. The predicted octanol–water partition coefficient (Wildman–Crippen LogP) is 4.03. The largest absolute Gasteiger partial charge is 0.342 e. The second-order valence-electron chi connectivity index (χ2n) is 10.9. The molecule has 0 radical (unpaired) electrons. The zero-order chi connectivity index (χ0) is 27.0. The number of piperazine rings is 1. The Morgan fingerprint density at radius 3 is 2.22 bits per heavy atom. The lowest BCUT2D eigenvalue weighted by atomic mass is 9.87. The fourth-order valence-corrected chi connectivity index (χ4v) is 5.45. The van der Waals surface area contributed by atoms with Gasteiger partial charge in [0.15, 0.2) is 0 Å². The van der Waals surface area contributed by atoms with E-state index in [1.54, 1.807) is 7.05 Å². The third-order valence-corrected chi connectivity index (χ3v) is 7.60. The third kappa shape index (κ3) is 5.24. The number of likely N-dealkylation sites (N-methyl/N-ethyl adjacent to an activating group) is 1. The van der Waals surface area contributed by atoms with Crippen LogP contribution in [0.2, 0.25) is 0 Å². The summed E-state index contributed by atoms with van der Waals surface area (Å²) in [6, 6.07) is 7.45. The summed E-state index contributed by atoms with van der Waals surface area (Å²) in [6.07, 6.45) is 1.53. The Bertz CT molecular complexity index is 1170. The fourth-order valence-electron chi connectivity index (χ4n) is 5.45. The number of nitrogens with zero attached hydrogens (tertiary/aromatic N) is 2. The lowest BCUT2D eigenvalue weighted by Crippen LogP contribution is -2.67. The highest BCUT2D eigenvalue weighted by atomic mass is 19.1. The lowest BCUT2D eigenvalue weighted by Gasteiger charge is -2.45. The Morgan fingerprint density at radius 1 is 1.05 bits per heavy atom. The van der Waals surface area contributed by atoms with Gasteiger partial charge in [0.2, 0.25) is 17.7 Å². The Labute approximate surface area is 217 Å². The van der Waals surface area contributed by atoms with Crippen molar-refractivity contribution < 1.29 is 23.2 Å². The van der Waals surface area contributed by atoms with E-state index in [2.05, 4.69) is 5.32 Å².